The zero-order valence-corrected chi connectivity index (χ0v) is 12.6. The van der Waals surface area contributed by atoms with E-state index in [0.29, 0.717) is 0 Å². The fraction of sp³-hybridized carbons (Fsp3) is 0.706. The van der Waals surface area contributed by atoms with Crippen LogP contribution < -0.4 is 10.2 Å². The summed E-state index contributed by atoms with van der Waals surface area (Å²) in [5.74, 6) is 0. The summed E-state index contributed by atoms with van der Waals surface area (Å²) in [6.45, 7) is 4.36. The third kappa shape index (κ3) is 3.32. The SMILES string of the molecule is CCN(c1ccncc1CNC1CC1)C1CCCCC1. The fourth-order valence-corrected chi connectivity index (χ4v) is 3.40. The van der Waals surface area contributed by atoms with Crippen molar-refractivity contribution in [1.82, 2.24) is 10.3 Å². The Hall–Kier alpha value is -1.09. The molecule has 0 aromatic carbocycles. The molecule has 2 aliphatic carbocycles. The van der Waals surface area contributed by atoms with Gasteiger partial charge in [-0.2, -0.15) is 0 Å². The Morgan fingerprint density at radius 3 is 2.70 bits per heavy atom. The van der Waals surface area contributed by atoms with Crippen molar-refractivity contribution in [1.29, 1.82) is 0 Å². The van der Waals surface area contributed by atoms with Crippen LogP contribution in [0, 0.1) is 0 Å². The molecule has 1 N–H and O–H groups in total. The summed E-state index contributed by atoms with van der Waals surface area (Å²) in [5.41, 5.74) is 2.77. The van der Waals surface area contributed by atoms with Crippen molar-refractivity contribution in [3.63, 3.8) is 0 Å². The number of anilines is 1. The van der Waals surface area contributed by atoms with Crippen molar-refractivity contribution in [2.24, 2.45) is 0 Å². The second kappa shape index (κ2) is 6.57. The van der Waals surface area contributed by atoms with Gasteiger partial charge < -0.3 is 10.2 Å². The van der Waals surface area contributed by atoms with E-state index in [2.05, 4.69) is 34.4 Å². The lowest BCUT2D eigenvalue weighted by molar-refractivity contribution is 0.417. The highest BCUT2D eigenvalue weighted by Crippen LogP contribution is 2.29. The number of nitrogens with one attached hydrogen (secondary N) is 1. The van der Waals surface area contributed by atoms with E-state index in [-0.39, 0.29) is 0 Å². The number of rotatable bonds is 6. The third-order valence-electron chi connectivity index (χ3n) is 4.70. The van der Waals surface area contributed by atoms with Crippen molar-refractivity contribution >= 4 is 5.69 Å². The van der Waals surface area contributed by atoms with Crippen molar-refractivity contribution in [2.75, 3.05) is 11.4 Å². The lowest BCUT2D eigenvalue weighted by Crippen LogP contribution is -2.37. The minimum atomic E-state index is 0.732. The van der Waals surface area contributed by atoms with Crippen LogP contribution in [0.1, 0.15) is 57.4 Å². The Morgan fingerprint density at radius 2 is 2.00 bits per heavy atom. The Kier molecular flexibility index (Phi) is 4.56. The van der Waals surface area contributed by atoms with Crippen LogP contribution in [-0.2, 0) is 6.54 Å². The summed E-state index contributed by atoms with van der Waals surface area (Å²) in [7, 11) is 0. The molecule has 0 amide bonds. The van der Waals surface area contributed by atoms with Gasteiger partial charge in [0, 0.05) is 48.8 Å². The third-order valence-corrected chi connectivity index (χ3v) is 4.70. The van der Waals surface area contributed by atoms with E-state index in [4.69, 9.17) is 0 Å². The largest absolute Gasteiger partial charge is 0.368 e. The molecule has 3 rings (SSSR count). The molecule has 0 atom stereocenters. The fourth-order valence-electron chi connectivity index (χ4n) is 3.40. The molecule has 0 unspecified atom stereocenters. The van der Waals surface area contributed by atoms with Gasteiger partial charge in [0.05, 0.1) is 0 Å². The van der Waals surface area contributed by atoms with Crippen LogP contribution in [0.25, 0.3) is 0 Å². The Labute approximate surface area is 122 Å². The highest BCUT2D eigenvalue weighted by molar-refractivity contribution is 5.53. The minimum Gasteiger partial charge on any atom is -0.368 e. The summed E-state index contributed by atoms with van der Waals surface area (Å²) in [5, 5.41) is 3.63. The van der Waals surface area contributed by atoms with Gasteiger partial charge in [-0.1, -0.05) is 19.3 Å². The first-order valence-electron chi connectivity index (χ1n) is 8.31. The zero-order chi connectivity index (χ0) is 13.8. The molecule has 2 aliphatic rings. The van der Waals surface area contributed by atoms with Crippen molar-refractivity contribution in [3.05, 3.63) is 24.0 Å². The molecule has 0 aliphatic heterocycles. The number of nitrogens with zero attached hydrogens (tertiary/aromatic N) is 2. The minimum absolute atomic E-state index is 0.732. The first kappa shape index (κ1) is 13.9. The van der Waals surface area contributed by atoms with Crippen LogP contribution in [0.4, 0.5) is 5.69 Å². The highest BCUT2D eigenvalue weighted by Gasteiger charge is 2.24. The average Bonchev–Trinajstić information content (AvgIpc) is 3.32. The predicted molar refractivity (Wildman–Crippen MR) is 84.0 cm³/mol. The molecule has 3 heteroatoms. The summed E-state index contributed by atoms with van der Waals surface area (Å²) in [6, 6.07) is 3.70. The van der Waals surface area contributed by atoms with E-state index in [0.717, 1.165) is 25.2 Å². The van der Waals surface area contributed by atoms with E-state index < -0.39 is 0 Å². The standard InChI is InChI=1S/C17H27N3/c1-2-20(16-6-4-3-5-7-16)17-10-11-18-12-14(17)13-19-15-8-9-15/h10-12,15-16,19H,2-9,13H2,1H3. The van der Waals surface area contributed by atoms with Gasteiger partial charge in [-0.15, -0.1) is 0 Å². The Morgan fingerprint density at radius 1 is 1.20 bits per heavy atom. The quantitative estimate of drug-likeness (QED) is 0.860. The molecule has 2 fully saturated rings. The highest BCUT2D eigenvalue weighted by atomic mass is 15.2. The molecule has 0 bridgehead atoms. The Bertz CT molecular complexity index is 422. The van der Waals surface area contributed by atoms with E-state index >= 15 is 0 Å². The maximum atomic E-state index is 4.34. The van der Waals surface area contributed by atoms with Gasteiger partial charge in [-0.25, -0.2) is 0 Å². The van der Waals surface area contributed by atoms with Gasteiger partial charge in [0.1, 0.15) is 0 Å². The van der Waals surface area contributed by atoms with Crippen LogP contribution in [-0.4, -0.2) is 23.6 Å². The number of hydrogen-bond donors (Lipinski definition) is 1. The van der Waals surface area contributed by atoms with E-state index in [1.54, 1.807) is 0 Å². The lowest BCUT2D eigenvalue weighted by atomic mass is 9.93. The van der Waals surface area contributed by atoms with Gasteiger partial charge in [-0.3, -0.25) is 4.98 Å². The summed E-state index contributed by atoms with van der Waals surface area (Å²) >= 11 is 0. The molecule has 2 saturated carbocycles. The summed E-state index contributed by atoms with van der Waals surface area (Å²) in [6.07, 6.45) is 13.6. The monoisotopic (exact) mass is 273 g/mol. The van der Waals surface area contributed by atoms with Crippen LogP contribution in [0.5, 0.6) is 0 Å². The van der Waals surface area contributed by atoms with Gasteiger partial charge in [0.2, 0.25) is 0 Å². The van der Waals surface area contributed by atoms with Crippen molar-refractivity contribution in [3.8, 4) is 0 Å². The second-order valence-corrected chi connectivity index (χ2v) is 6.24. The number of hydrogen-bond acceptors (Lipinski definition) is 3. The molecule has 20 heavy (non-hydrogen) atoms. The van der Waals surface area contributed by atoms with Crippen LogP contribution in [0.15, 0.2) is 18.5 Å². The van der Waals surface area contributed by atoms with Crippen molar-refractivity contribution < 1.29 is 0 Å². The maximum absolute atomic E-state index is 4.34. The molecule has 1 aromatic rings. The molecule has 110 valence electrons. The maximum Gasteiger partial charge on any atom is 0.0445 e. The second-order valence-electron chi connectivity index (χ2n) is 6.24. The molecule has 0 spiro atoms. The molecule has 0 saturated heterocycles. The summed E-state index contributed by atoms with van der Waals surface area (Å²) < 4.78 is 0. The molecule has 3 nitrogen and oxygen atoms in total. The topological polar surface area (TPSA) is 28.2 Å². The van der Waals surface area contributed by atoms with Crippen LogP contribution in [0.3, 0.4) is 0 Å². The van der Waals surface area contributed by atoms with Gasteiger partial charge in [0.15, 0.2) is 0 Å². The number of aromatic nitrogens is 1. The van der Waals surface area contributed by atoms with Crippen LogP contribution in [0.2, 0.25) is 0 Å². The zero-order valence-electron chi connectivity index (χ0n) is 12.6. The summed E-state index contributed by atoms with van der Waals surface area (Å²) in [4.78, 5) is 6.95. The van der Waals surface area contributed by atoms with Crippen LogP contribution >= 0.6 is 0 Å². The Balaban J connectivity index is 1.74. The average molecular weight is 273 g/mol. The van der Waals surface area contributed by atoms with E-state index in [9.17, 15) is 0 Å². The van der Waals surface area contributed by atoms with Gasteiger partial charge >= 0.3 is 0 Å². The van der Waals surface area contributed by atoms with Crippen molar-refractivity contribution in [2.45, 2.75) is 70.5 Å². The molecular formula is C17H27N3. The van der Waals surface area contributed by atoms with E-state index in [1.807, 2.05) is 6.20 Å². The van der Waals surface area contributed by atoms with Gasteiger partial charge in [-0.05, 0) is 38.7 Å². The van der Waals surface area contributed by atoms with Gasteiger partial charge in [0.25, 0.3) is 0 Å². The molecule has 1 heterocycles. The predicted octanol–water partition coefficient (Wildman–Crippen LogP) is 3.49. The molecular weight excluding hydrogens is 246 g/mol. The first-order valence-corrected chi connectivity index (χ1v) is 8.31. The normalized spacial score (nSPS) is 20.1. The first-order chi connectivity index (χ1) is 9.88. The smallest absolute Gasteiger partial charge is 0.0445 e. The lowest BCUT2D eigenvalue weighted by Gasteiger charge is -2.36. The number of pyridine rings is 1. The molecule has 0 radical (unpaired) electrons. The molecule has 1 aromatic heterocycles. The van der Waals surface area contributed by atoms with E-state index in [1.165, 1.54) is 56.2 Å².